The van der Waals surface area contributed by atoms with Gasteiger partial charge in [-0.05, 0) is 45.0 Å². The van der Waals surface area contributed by atoms with Crippen molar-refractivity contribution in [3.8, 4) is 0 Å². The third-order valence-electron chi connectivity index (χ3n) is 5.62. The van der Waals surface area contributed by atoms with Crippen molar-refractivity contribution >= 4 is 44.4 Å². The minimum Gasteiger partial charge on any atom is -0.481 e. The molecule has 0 aliphatic carbocycles. The van der Waals surface area contributed by atoms with E-state index in [1.165, 1.54) is 24.3 Å². The Bertz CT molecular complexity index is 1610. The van der Waals surface area contributed by atoms with Crippen molar-refractivity contribution in [2.45, 2.75) is 45.9 Å². The van der Waals surface area contributed by atoms with Crippen LogP contribution in [0.3, 0.4) is 0 Å². The van der Waals surface area contributed by atoms with Gasteiger partial charge in [-0.1, -0.05) is 0 Å². The molecule has 4 bridgehead atoms. The largest absolute Gasteiger partial charge is 0.481 e. The van der Waals surface area contributed by atoms with Crippen molar-refractivity contribution in [2.24, 2.45) is 0 Å². The molecule has 0 saturated carbocycles. The van der Waals surface area contributed by atoms with Gasteiger partial charge in [0, 0.05) is 52.0 Å². The molecule has 4 heterocycles. The van der Waals surface area contributed by atoms with Crippen molar-refractivity contribution in [3.05, 3.63) is 65.7 Å². The van der Waals surface area contributed by atoms with Gasteiger partial charge in [0.15, 0.2) is 0 Å². The van der Waals surface area contributed by atoms with Crippen LogP contribution in [-0.4, -0.2) is 38.4 Å². The van der Waals surface area contributed by atoms with Crippen molar-refractivity contribution in [1.82, 2.24) is 14.5 Å². The number of rotatable bonds is 6. The van der Waals surface area contributed by atoms with Crippen LogP contribution in [0, 0.1) is 0 Å². The Labute approximate surface area is 196 Å². The summed E-state index contributed by atoms with van der Waals surface area (Å²) in [4.78, 5) is 75.9. The second kappa shape index (κ2) is 8.49. The van der Waals surface area contributed by atoms with E-state index in [2.05, 4.69) is 5.32 Å². The lowest BCUT2D eigenvalue weighted by Gasteiger charge is -2.19. The molecule has 2 aromatic carbocycles. The van der Waals surface area contributed by atoms with Gasteiger partial charge in [-0.3, -0.25) is 33.1 Å². The molecule has 0 aliphatic rings. The normalized spacial score (nSPS) is 12.0. The number of hydrogen-bond donors (Lipinski definition) is 2. The number of alkyl carbamates (subject to hydrolysis) is 1. The first-order valence-corrected chi connectivity index (χ1v) is 10.9. The molecule has 0 unspecified atom stereocenters. The maximum absolute atomic E-state index is 13.3. The summed E-state index contributed by atoms with van der Waals surface area (Å²) in [6, 6.07) is 5.67. The van der Waals surface area contributed by atoms with Crippen LogP contribution in [0.15, 0.2) is 43.4 Å². The molecule has 0 aliphatic heterocycles. The Kier molecular flexibility index (Phi) is 5.79. The third kappa shape index (κ3) is 4.20. The number of benzene rings is 2. The van der Waals surface area contributed by atoms with Crippen molar-refractivity contribution < 1.29 is 19.4 Å². The number of amides is 1. The highest BCUT2D eigenvalue weighted by Crippen LogP contribution is 2.28. The van der Waals surface area contributed by atoms with E-state index in [-0.39, 0.29) is 52.0 Å². The van der Waals surface area contributed by atoms with Gasteiger partial charge >= 0.3 is 12.1 Å². The molecule has 0 spiro atoms. The van der Waals surface area contributed by atoms with E-state index < -0.39 is 46.3 Å². The molecule has 11 nitrogen and oxygen atoms in total. The molecule has 6 aromatic rings. The monoisotopic (exact) mass is 481 g/mol. The number of nitrogens with one attached hydrogen (secondary N) is 1. The fourth-order valence-electron chi connectivity index (χ4n) is 4.17. The van der Waals surface area contributed by atoms with E-state index in [9.17, 15) is 28.8 Å². The zero-order valence-electron chi connectivity index (χ0n) is 19.3. The second-order valence-electron chi connectivity index (χ2n) is 9.17. The van der Waals surface area contributed by atoms with Crippen molar-refractivity contribution in [1.29, 1.82) is 0 Å². The molecule has 6 rings (SSSR count). The van der Waals surface area contributed by atoms with Gasteiger partial charge in [0.25, 0.3) is 22.2 Å². The fraction of sp³-hybridized carbons (Fsp3) is 0.333. The van der Waals surface area contributed by atoms with Crippen LogP contribution in [-0.2, 0) is 22.6 Å². The Hall–Kier alpha value is -4.28. The first kappa shape index (κ1) is 23.9. The van der Waals surface area contributed by atoms with Gasteiger partial charge in [-0.2, -0.15) is 0 Å². The summed E-state index contributed by atoms with van der Waals surface area (Å²) in [6.45, 7) is 4.54. The van der Waals surface area contributed by atoms with Crippen molar-refractivity contribution in [3.63, 3.8) is 0 Å². The predicted molar refractivity (Wildman–Crippen MR) is 129 cm³/mol. The van der Waals surface area contributed by atoms with E-state index in [0.29, 0.717) is 0 Å². The van der Waals surface area contributed by atoms with Crippen molar-refractivity contribution in [2.75, 3.05) is 6.54 Å². The molecular formula is C24H23N3O8. The van der Waals surface area contributed by atoms with E-state index >= 15 is 0 Å². The molecule has 4 aromatic heterocycles. The summed E-state index contributed by atoms with van der Waals surface area (Å²) >= 11 is 0. The number of hydrogen-bond acceptors (Lipinski definition) is 7. The zero-order valence-corrected chi connectivity index (χ0v) is 19.3. The number of carbonyl (C=O) groups excluding carboxylic acids is 1. The fourth-order valence-corrected chi connectivity index (χ4v) is 4.17. The lowest BCUT2D eigenvalue weighted by atomic mass is 10.00. The lowest BCUT2D eigenvalue weighted by Crippen LogP contribution is -2.38. The quantitative estimate of drug-likeness (QED) is 0.414. The number of ether oxygens (including phenoxy) is 1. The Morgan fingerprint density at radius 2 is 1.20 bits per heavy atom. The number of carboxylic acids is 1. The Morgan fingerprint density at radius 3 is 1.57 bits per heavy atom. The smallest absolute Gasteiger partial charge is 0.407 e. The summed E-state index contributed by atoms with van der Waals surface area (Å²) in [5.74, 6) is -1.17. The molecule has 0 saturated heterocycles. The summed E-state index contributed by atoms with van der Waals surface area (Å²) in [6.07, 6.45) is -1.14. The van der Waals surface area contributed by atoms with Crippen LogP contribution in [0.1, 0.15) is 27.2 Å². The zero-order chi connectivity index (χ0) is 25.7. The third-order valence-corrected chi connectivity index (χ3v) is 5.62. The minimum absolute atomic E-state index is 0.0340. The maximum atomic E-state index is 13.3. The molecular weight excluding hydrogens is 458 g/mol. The topological polar surface area (TPSA) is 154 Å². The SMILES string of the molecule is CC(C)(C)OC(=O)NCCn1c(=O)c2ccc(c1=O)c1c3ccc(c(=O)n(CCC(=O)O)c3=O)c21. The van der Waals surface area contributed by atoms with Gasteiger partial charge in [-0.25, -0.2) is 4.79 Å². The molecule has 0 fully saturated rings. The highest BCUT2D eigenvalue weighted by Gasteiger charge is 2.21. The average Bonchev–Trinajstić information content (AvgIpc) is 3.04. The van der Waals surface area contributed by atoms with E-state index in [1.807, 2.05) is 0 Å². The van der Waals surface area contributed by atoms with Crippen LogP contribution in [0.2, 0.25) is 0 Å². The van der Waals surface area contributed by atoms with Crippen LogP contribution >= 0.6 is 0 Å². The highest BCUT2D eigenvalue weighted by atomic mass is 16.6. The summed E-state index contributed by atoms with van der Waals surface area (Å²) in [7, 11) is 0. The summed E-state index contributed by atoms with van der Waals surface area (Å²) in [5, 5.41) is 12.0. The van der Waals surface area contributed by atoms with Crippen LogP contribution in [0.5, 0.6) is 0 Å². The average molecular weight is 481 g/mol. The summed E-state index contributed by atoms with van der Waals surface area (Å²) in [5.41, 5.74) is -3.54. The highest BCUT2D eigenvalue weighted by molar-refractivity contribution is 6.22. The molecule has 0 atom stereocenters. The van der Waals surface area contributed by atoms with E-state index in [0.717, 1.165) is 9.13 Å². The number of fused-ring (bicyclic) bond motifs is 6. The van der Waals surface area contributed by atoms with Gasteiger partial charge < -0.3 is 15.2 Å². The number of nitrogens with zero attached hydrogens (tertiary/aromatic N) is 2. The van der Waals surface area contributed by atoms with E-state index in [1.54, 1.807) is 20.8 Å². The molecule has 0 radical (unpaired) electrons. The number of carboxylic acid groups (broad SMARTS) is 1. The maximum Gasteiger partial charge on any atom is 0.407 e. The second-order valence-corrected chi connectivity index (χ2v) is 9.17. The number of carbonyl (C=O) groups is 2. The van der Waals surface area contributed by atoms with Crippen LogP contribution < -0.4 is 27.6 Å². The van der Waals surface area contributed by atoms with E-state index in [4.69, 9.17) is 9.84 Å². The van der Waals surface area contributed by atoms with Gasteiger partial charge in [0.2, 0.25) is 0 Å². The molecule has 182 valence electrons. The summed E-state index contributed by atoms with van der Waals surface area (Å²) < 4.78 is 6.93. The molecule has 11 heteroatoms. The first-order valence-electron chi connectivity index (χ1n) is 10.9. The standard InChI is InChI=1S/C24H23N3O8/c1-24(2,3)35-23(34)25-9-11-27-21(32)14-6-7-15(22(27)33)18-13-5-4-12(17(14)18)19(30)26(20(13)31)10-8-16(28)29/h4-7H,8-11H2,1-3H3,(H,25,34)(H,28,29). The predicted octanol–water partition coefficient (Wildman–Crippen LogP) is 1.06. The molecule has 35 heavy (non-hydrogen) atoms. The molecule has 2 N–H and O–H groups in total. The molecule has 1 amide bonds. The number of aromatic nitrogens is 2. The Morgan fingerprint density at radius 1 is 0.800 bits per heavy atom. The van der Waals surface area contributed by atoms with Crippen LogP contribution in [0.4, 0.5) is 4.79 Å². The van der Waals surface area contributed by atoms with Gasteiger partial charge in [-0.15, -0.1) is 0 Å². The Balaban J connectivity index is 1.91. The van der Waals surface area contributed by atoms with Gasteiger partial charge in [0.05, 0.1) is 6.42 Å². The minimum atomic E-state index is -1.17. The lowest BCUT2D eigenvalue weighted by molar-refractivity contribution is -0.137. The van der Waals surface area contributed by atoms with Gasteiger partial charge in [0.1, 0.15) is 5.60 Å². The van der Waals surface area contributed by atoms with Crippen LogP contribution in [0.25, 0.3) is 32.3 Å². The first-order chi connectivity index (χ1) is 16.4. The number of aliphatic carboxylic acids is 1.